The van der Waals surface area contributed by atoms with E-state index in [0.29, 0.717) is 23.0 Å². The van der Waals surface area contributed by atoms with E-state index in [0.717, 1.165) is 42.6 Å². The average Bonchev–Trinajstić information content (AvgIpc) is 2.82. The number of nitrogen functional groups attached to an aromatic ring is 1. The van der Waals surface area contributed by atoms with Gasteiger partial charge < -0.3 is 15.4 Å². The Hall–Kier alpha value is -3.63. The zero-order valence-electron chi connectivity index (χ0n) is 18.5. The molecule has 2 N–H and O–H groups in total. The molecule has 1 aliphatic heterocycles. The number of hydrogen-bond acceptors (Lipinski definition) is 6. The van der Waals surface area contributed by atoms with E-state index < -0.39 is 0 Å². The molecule has 0 radical (unpaired) electrons. The summed E-state index contributed by atoms with van der Waals surface area (Å²) in [4.78, 5) is 18.3. The lowest BCUT2D eigenvalue weighted by atomic mass is 9.98. The van der Waals surface area contributed by atoms with Crippen molar-refractivity contribution in [2.75, 3.05) is 25.9 Å². The summed E-state index contributed by atoms with van der Waals surface area (Å²) in [5, 5.41) is 8.51. The van der Waals surface area contributed by atoms with Crippen molar-refractivity contribution in [2.45, 2.75) is 19.8 Å². The van der Waals surface area contributed by atoms with E-state index in [2.05, 4.69) is 28.0 Å². The second-order valence-corrected chi connectivity index (χ2v) is 7.54. The molecule has 0 amide bonds. The predicted octanol–water partition coefficient (Wildman–Crippen LogP) is 4.51. The molecular formula is C25H28FN5O. The van der Waals surface area contributed by atoms with Gasteiger partial charge in [-0.05, 0) is 68.7 Å². The summed E-state index contributed by atoms with van der Waals surface area (Å²) in [5.41, 5.74) is 9.35. The van der Waals surface area contributed by atoms with Crippen molar-refractivity contribution in [1.29, 1.82) is 5.26 Å². The molecule has 4 rings (SSSR count). The number of nitriles is 1. The number of likely N-dealkylation sites (tertiary alicyclic amines) is 1. The van der Waals surface area contributed by atoms with Gasteiger partial charge in [0.25, 0.3) is 0 Å². The maximum absolute atomic E-state index is 14.4. The molecule has 1 aromatic heterocycles. The van der Waals surface area contributed by atoms with Crippen LogP contribution in [0.1, 0.15) is 18.4 Å². The van der Waals surface area contributed by atoms with Crippen molar-refractivity contribution in [1.82, 2.24) is 14.9 Å². The zero-order valence-corrected chi connectivity index (χ0v) is 18.5. The summed E-state index contributed by atoms with van der Waals surface area (Å²) in [6.45, 7) is 6.20. The summed E-state index contributed by atoms with van der Waals surface area (Å²) in [5.74, 6) is 0.326. The molecule has 1 fully saturated rings. The largest absolute Gasteiger partial charge is 0.382 e. The van der Waals surface area contributed by atoms with Gasteiger partial charge >= 0.3 is 0 Å². The summed E-state index contributed by atoms with van der Waals surface area (Å²) < 4.78 is 14.4. The van der Waals surface area contributed by atoms with Crippen LogP contribution >= 0.6 is 0 Å². The quantitative estimate of drug-likeness (QED) is 0.639. The monoisotopic (exact) mass is 433 g/mol. The number of carbonyl (C=O) groups excluding carboxylic acids is 1. The average molecular weight is 434 g/mol. The van der Waals surface area contributed by atoms with E-state index in [1.54, 1.807) is 6.07 Å². The van der Waals surface area contributed by atoms with Crippen LogP contribution in [-0.4, -0.2) is 41.8 Å². The minimum absolute atomic E-state index is 0.315. The van der Waals surface area contributed by atoms with Gasteiger partial charge in [-0.3, -0.25) is 4.98 Å². The maximum Gasteiger partial charge on any atom is 0.141 e. The van der Waals surface area contributed by atoms with Crippen LogP contribution in [0.3, 0.4) is 0 Å². The maximum atomic E-state index is 14.4. The number of piperidine rings is 1. The summed E-state index contributed by atoms with van der Waals surface area (Å²) in [6, 6.07) is 15.3. The third kappa shape index (κ3) is 6.69. The van der Waals surface area contributed by atoms with E-state index in [9.17, 15) is 4.39 Å². The minimum Gasteiger partial charge on any atom is -0.382 e. The Labute approximate surface area is 188 Å². The van der Waals surface area contributed by atoms with E-state index in [4.69, 9.17) is 15.8 Å². The number of nitrogens with zero attached hydrogens (tertiary/aromatic N) is 4. The normalized spacial score (nSPS) is 13.7. The van der Waals surface area contributed by atoms with Gasteiger partial charge in [0.1, 0.15) is 18.4 Å². The fourth-order valence-electron chi connectivity index (χ4n) is 3.40. The molecule has 0 saturated carbocycles. The fourth-order valence-corrected chi connectivity index (χ4v) is 3.40. The van der Waals surface area contributed by atoms with Gasteiger partial charge in [-0.1, -0.05) is 30.3 Å². The van der Waals surface area contributed by atoms with Gasteiger partial charge in [0, 0.05) is 11.5 Å². The number of nitrogens with two attached hydrogens (primary N) is 1. The Balaban J connectivity index is 0.000000277. The standard InChI is InChI=1S/C17H14FN3.C7H12N2.CH2O/c1-11-4-2-3-5-13(11)12-6-7-14(15(18)8-12)16-9-21-17(19)10-20-16;1-9-4-2-7(6-8)3-5-9;1-2/h2-10H,1H3,(H2,19,21);7H,2-5H2,1H3;1H2. The molecule has 2 aromatic carbocycles. The molecule has 0 unspecified atom stereocenters. The second kappa shape index (κ2) is 12.3. The lowest BCUT2D eigenvalue weighted by Crippen LogP contribution is -2.29. The molecule has 3 aromatic rings. The van der Waals surface area contributed by atoms with Crippen molar-refractivity contribution in [3.8, 4) is 28.5 Å². The summed E-state index contributed by atoms with van der Waals surface area (Å²) in [7, 11) is 2.10. The van der Waals surface area contributed by atoms with Gasteiger partial charge in [0.2, 0.25) is 0 Å². The first kappa shape index (κ1) is 24.6. The fraction of sp³-hybridized carbons (Fsp3) is 0.280. The van der Waals surface area contributed by atoms with Crippen LogP contribution in [0.25, 0.3) is 22.4 Å². The highest BCUT2D eigenvalue weighted by Gasteiger charge is 2.14. The van der Waals surface area contributed by atoms with E-state index >= 15 is 0 Å². The molecule has 2 heterocycles. The number of benzene rings is 2. The molecule has 166 valence electrons. The van der Waals surface area contributed by atoms with Gasteiger partial charge in [0.15, 0.2) is 0 Å². The number of anilines is 1. The van der Waals surface area contributed by atoms with Crippen molar-refractivity contribution >= 4 is 12.6 Å². The minimum atomic E-state index is -0.324. The molecule has 0 aliphatic carbocycles. The van der Waals surface area contributed by atoms with Gasteiger partial charge in [-0.15, -0.1) is 0 Å². The van der Waals surface area contributed by atoms with E-state index in [1.165, 1.54) is 18.5 Å². The Kier molecular flexibility index (Phi) is 9.45. The molecule has 1 aliphatic rings. The van der Waals surface area contributed by atoms with E-state index in [1.807, 2.05) is 44.0 Å². The lowest BCUT2D eigenvalue weighted by molar-refractivity contribution is -0.0979. The SMILES string of the molecule is C=O.CN1CCC(C#N)CC1.Cc1ccccc1-c1ccc(-c2cnc(N)cn2)c(F)c1. The third-order valence-corrected chi connectivity index (χ3v) is 5.27. The Morgan fingerprint density at radius 3 is 2.34 bits per heavy atom. The van der Waals surface area contributed by atoms with E-state index in [-0.39, 0.29) is 5.82 Å². The molecule has 0 bridgehead atoms. The second-order valence-electron chi connectivity index (χ2n) is 7.54. The number of rotatable bonds is 2. The molecule has 1 saturated heterocycles. The van der Waals surface area contributed by atoms with Gasteiger partial charge in [-0.25, -0.2) is 9.37 Å². The van der Waals surface area contributed by atoms with Gasteiger partial charge in [0.05, 0.1) is 24.2 Å². The highest BCUT2D eigenvalue weighted by molar-refractivity contribution is 5.71. The number of hydrogen-bond donors (Lipinski definition) is 1. The highest BCUT2D eigenvalue weighted by Crippen LogP contribution is 2.28. The number of halogens is 1. The Bertz CT molecular complexity index is 1040. The van der Waals surface area contributed by atoms with Crippen molar-refractivity contribution in [3.63, 3.8) is 0 Å². The number of aromatic nitrogens is 2. The predicted molar refractivity (Wildman–Crippen MR) is 125 cm³/mol. The smallest absolute Gasteiger partial charge is 0.141 e. The van der Waals surface area contributed by atoms with Crippen molar-refractivity contribution < 1.29 is 9.18 Å². The molecule has 6 nitrogen and oxygen atoms in total. The van der Waals surface area contributed by atoms with Crippen LogP contribution in [0.15, 0.2) is 54.9 Å². The molecule has 32 heavy (non-hydrogen) atoms. The summed E-state index contributed by atoms with van der Waals surface area (Å²) >= 11 is 0. The zero-order chi connectivity index (χ0) is 23.5. The first-order valence-corrected chi connectivity index (χ1v) is 10.3. The lowest BCUT2D eigenvalue weighted by Gasteiger charge is -2.24. The van der Waals surface area contributed by atoms with Crippen LogP contribution in [0.2, 0.25) is 0 Å². The van der Waals surface area contributed by atoms with Crippen LogP contribution in [0, 0.1) is 30.0 Å². The molecule has 7 heteroatoms. The van der Waals surface area contributed by atoms with Crippen molar-refractivity contribution in [3.05, 3.63) is 66.2 Å². The first-order chi connectivity index (χ1) is 15.5. The molecule has 0 atom stereocenters. The van der Waals surface area contributed by atoms with Crippen LogP contribution in [0.5, 0.6) is 0 Å². The topological polar surface area (TPSA) is 95.9 Å². The van der Waals surface area contributed by atoms with Crippen molar-refractivity contribution in [2.24, 2.45) is 5.92 Å². The Morgan fingerprint density at radius 1 is 1.09 bits per heavy atom. The third-order valence-electron chi connectivity index (χ3n) is 5.27. The first-order valence-electron chi connectivity index (χ1n) is 10.3. The molecule has 0 spiro atoms. The van der Waals surface area contributed by atoms with Gasteiger partial charge in [-0.2, -0.15) is 5.26 Å². The highest BCUT2D eigenvalue weighted by atomic mass is 19.1. The molecular weight excluding hydrogens is 405 g/mol. The Morgan fingerprint density at radius 2 is 1.78 bits per heavy atom. The number of aryl methyl sites for hydroxylation is 1. The van der Waals surface area contributed by atoms with Crippen LogP contribution in [0.4, 0.5) is 10.2 Å². The number of carbonyl (C=O) groups is 1. The van der Waals surface area contributed by atoms with Crippen LogP contribution in [-0.2, 0) is 4.79 Å². The van der Waals surface area contributed by atoms with Crippen LogP contribution < -0.4 is 5.73 Å². The summed E-state index contributed by atoms with van der Waals surface area (Å²) in [6.07, 6.45) is 5.02.